The van der Waals surface area contributed by atoms with Crippen molar-refractivity contribution in [1.82, 2.24) is 10.2 Å². The normalized spacial score (nSPS) is 15.9. The molecule has 0 aliphatic carbocycles. The zero-order valence-corrected chi connectivity index (χ0v) is 13.9. The van der Waals surface area contributed by atoms with Gasteiger partial charge in [0.05, 0.1) is 7.11 Å². The number of carbonyl (C=O) groups excluding carboxylic acids is 1. The quantitative estimate of drug-likeness (QED) is 0.678. The van der Waals surface area contributed by atoms with E-state index < -0.39 is 0 Å². The molecule has 0 unspecified atom stereocenters. The van der Waals surface area contributed by atoms with E-state index in [0.717, 1.165) is 37.6 Å². The number of nitrogens with one attached hydrogen (secondary N) is 1. The Kier molecular flexibility index (Phi) is 5.16. The van der Waals surface area contributed by atoms with E-state index in [1.807, 2.05) is 30.3 Å². The Labute approximate surface area is 142 Å². The minimum absolute atomic E-state index is 0.000106. The van der Waals surface area contributed by atoms with E-state index in [0.29, 0.717) is 5.56 Å². The number of hydrogen-bond acceptors (Lipinski definition) is 4. The number of benzene rings is 2. The second-order valence-corrected chi connectivity index (χ2v) is 5.81. The molecule has 2 aromatic rings. The number of methoxy groups -OCH3 is 1. The predicted octanol–water partition coefficient (Wildman–Crippen LogP) is 3.21. The SMILES string of the molecule is COc1ccc(C(=O)/C=C2\NCCCN2Cc2ccccc2)cc1. The van der Waals surface area contributed by atoms with Crippen LogP contribution < -0.4 is 10.1 Å². The molecule has 0 saturated carbocycles. The Morgan fingerprint density at radius 3 is 2.62 bits per heavy atom. The molecule has 0 aromatic heterocycles. The van der Waals surface area contributed by atoms with Crippen LogP contribution in [0.5, 0.6) is 5.75 Å². The number of nitrogens with zero attached hydrogens (tertiary/aromatic N) is 1. The molecule has 0 atom stereocenters. The number of rotatable bonds is 5. The molecule has 0 amide bonds. The largest absolute Gasteiger partial charge is 0.497 e. The first-order chi connectivity index (χ1) is 11.8. The number of hydrogen-bond donors (Lipinski definition) is 1. The van der Waals surface area contributed by atoms with Gasteiger partial charge < -0.3 is 15.0 Å². The summed E-state index contributed by atoms with van der Waals surface area (Å²) in [7, 11) is 1.62. The lowest BCUT2D eigenvalue weighted by atomic mass is 10.1. The van der Waals surface area contributed by atoms with Crippen LogP contribution >= 0.6 is 0 Å². The Bertz CT molecular complexity index is 708. The minimum atomic E-state index is 0.000106. The van der Waals surface area contributed by atoms with Crippen LogP contribution in [0, 0.1) is 0 Å². The Balaban J connectivity index is 1.75. The monoisotopic (exact) mass is 322 g/mol. The smallest absolute Gasteiger partial charge is 0.189 e. The van der Waals surface area contributed by atoms with Crippen LogP contribution in [0.2, 0.25) is 0 Å². The number of allylic oxidation sites excluding steroid dienone is 1. The van der Waals surface area contributed by atoms with Crippen molar-refractivity contribution in [2.75, 3.05) is 20.2 Å². The summed E-state index contributed by atoms with van der Waals surface area (Å²) in [5, 5.41) is 3.35. The molecule has 1 aliphatic heterocycles. The topological polar surface area (TPSA) is 41.6 Å². The highest BCUT2D eigenvalue weighted by Crippen LogP contribution is 2.16. The van der Waals surface area contributed by atoms with Crippen molar-refractivity contribution in [3.63, 3.8) is 0 Å². The highest BCUT2D eigenvalue weighted by Gasteiger charge is 2.16. The van der Waals surface area contributed by atoms with Gasteiger partial charge in [0, 0.05) is 31.3 Å². The van der Waals surface area contributed by atoms with E-state index in [4.69, 9.17) is 4.74 Å². The van der Waals surface area contributed by atoms with Crippen molar-refractivity contribution < 1.29 is 9.53 Å². The van der Waals surface area contributed by atoms with Crippen molar-refractivity contribution in [3.05, 3.63) is 77.6 Å². The third-order valence-electron chi connectivity index (χ3n) is 4.11. The lowest BCUT2D eigenvalue weighted by molar-refractivity contribution is 0.104. The molecule has 3 rings (SSSR count). The average Bonchev–Trinajstić information content (AvgIpc) is 2.64. The Hall–Kier alpha value is -2.75. The first kappa shape index (κ1) is 16.1. The molecule has 1 saturated heterocycles. The number of ether oxygens (including phenoxy) is 1. The van der Waals surface area contributed by atoms with Crippen LogP contribution in [0.25, 0.3) is 0 Å². The molecule has 1 aliphatic rings. The van der Waals surface area contributed by atoms with Gasteiger partial charge >= 0.3 is 0 Å². The van der Waals surface area contributed by atoms with Gasteiger partial charge in [-0.25, -0.2) is 0 Å². The summed E-state index contributed by atoms with van der Waals surface area (Å²) >= 11 is 0. The summed E-state index contributed by atoms with van der Waals surface area (Å²) in [5.74, 6) is 1.65. The molecule has 0 spiro atoms. The molecule has 1 heterocycles. The van der Waals surface area contributed by atoms with Crippen LogP contribution in [0.3, 0.4) is 0 Å². The standard InChI is InChI=1S/C20H22N2O2/c1-24-18-10-8-17(9-11-18)19(23)14-20-21-12-5-13-22(20)15-16-6-3-2-4-7-16/h2-4,6-11,14,21H,5,12-13,15H2,1H3/b20-14+. The van der Waals surface area contributed by atoms with Crippen LogP contribution in [-0.2, 0) is 6.54 Å². The fourth-order valence-corrected chi connectivity index (χ4v) is 2.79. The summed E-state index contributed by atoms with van der Waals surface area (Å²) in [4.78, 5) is 14.7. The van der Waals surface area contributed by atoms with Crippen molar-refractivity contribution in [2.24, 2.45) is 0 Å². The third kappa shape index (κ3) is 3.96. The van der Waals surface area contributed by atoms with Crippen molar-refractivity contribution in [1.29, 1.82) is 0 Å². The lowest BCUT2D eigenvalue weighted by Crippen LogP contribution is -2.39. The van der Waals surface area contributed by atoms with Crippen LogP contribution in [0.15, 0.2) is 66.5 Å². The summed E-state index contributed by atoms with van der Waals surface area (Å²) < 4.78 is 5.14. The molecule has 4 nitrogen and oxygen atoms in total. The van der Waals surface area contributed by atoms with E-state index in [9.17, 15) is 4.79 Å². The van der Waals surface area contributed by atoms with Gasteiger partial charge in [0.1, 0.15) is 11.6 Å². The van der Waals surface area contributed by atoms with Crippen molar-refractivity contribution in [2.45, 2.75) is 13.0 Å². The van der Waals surface area contributed by atoms with Crippen molar-refractivity contribution in [3.8, 4) is 5.75 Å². The van der Waals surface area contributed by atoms with E-state index in [1.54, 1.807) is 25.3 Å². The number of carbonyl (C=O) groups is 1. The molecule has 1 fully saturated rings. The molecule has 124 valence electrons. The summed E-state index contributed by atoms with van der Waals surface area (Å²) in [6.07, 6.45) is 2.77. The maximum Gasteiger partial charge on any atom is 0.189 e. The predicted molar refractivity (Wildman–Crippen MR) is 94.9 cm³/mol. The second-order valence-electron chi connectivity index (χ2n) is 5.81. The molecule has 0 radical (unpaired) electrons. The first-order valence-corrected chi connectivity index (χ1v) is 8.19. The minimum Gasteiger partial charge on any atom is -0.497 e. The van der Waals surface area contributed by atoms with Gasteiger partial charge in [-0.05, 0) is 36.2 Å². The fourth-order valence-electron chi connectivity index (χ4n) is 2.79. The van der Waals surface area contributed by atoms with E-state index >= 15 is 0 Å². The van der Waals surface area contributed by atoms with Gasteiger partial charge in [-0.15, -0.1) is 0 Å². The summed E-state index contributed by atoms with van der Waals surface area (Å²) in [5.41, 5.74) is 1.90. The first-order valence-electron chi connectivity index (χ1n) is 8.19. The average molecular weight is 322 g/mol. The van der Waals surface area contributed by atoms with Crippen LogP contribution in [0.1, 0.15) is 22.3 Å². The second kappa shape index (κ2) is 7.68. The maximum atomic E-state index is 12.5. The van der Waals surface area contributed by atoms with Gasteiger partial charge in [0.25, 0.3) is 0 Å². The van der Waals surface area contributed by atoms with Crippen LogP contribution in [-0.4, -0.2) is 30.9 Å². The molecule has 24 heavy (non-hydrogen) atoms. The molecule has 2 aromatic carbocycles. The highest BCUT2D eigenvalue weighted by molar-refractivity contribution is 6.04. The zero-order valence-electron chi connectivity index (χ0n) is 13.9. The Morgan fingerprint density at radius 1 is 1.17 bits per heavy atom. The third-order valence-corrected chi connectivity index (χ3v) is 4.11. The number of ketones is 1. The van der Waals surface area contributed by atoms with Crippen LogP contribution in [0.4, 0.5) is 0 Å². The Morgan fingerprint density at radius 2 is 1.92 bits per heavy atom. The van der Waals surface area contributed by atoms with Gasteiger partial charge in [-0.1, -0.05) is 30.3 Å². The molecule has 4 heteroatoms. The maximum absolute atomic E-state index is 12.5. The highest BCUT2D eigenvalue weighted by atomic mass is 16.5. The van der Waals surface area contributed by atoms with Crippen molar-refractivity contribution >= 4 is 5.78 Å². The zero-order chi connectivity index (χ0) is 16.8. The summed E-state index contributed by atoms with van der Waals surface area (Å²) in [6, 6.07) is 17.5. The molecule has 0 bridgehead atoms. The molecular formula is C20H22N2O2. The van der Waals surface area contributed by atoms with Gasteiger partial charge in [-0.3, -0.25) is 4.79 Å². The van der Waals surface area contributed by atoms with E-state index in [-0.39, 0.29) is 5.78 Å². The summed E-state index contributed by atoms with van der Waals surface area (Å²) in [6.45, 7) is 2.65. The van der Waals surface area contributed by atoms with Gasteiger partial charge in [0.2, 0.25) is 0 Å². The van der Waals surface area contributed by atoms with E-state index in [1.165, 1.54) is 5.56 Å². The van der Waals surface area contributed by atoms with Gasteiger partial charge in [-0.2, -0.15) is 0 Å². The van der Waals surface area contributed by atoms with E-state index in [2.05, 4.69) is 22.3 Å². The lowest BCUT2D eigenvalue weighted by Gasteiger charge is -2.32. The molecule has 1 N–H and O–H groups in total. The molecular weight excluding hydrogens is 300 g/mol. The van der Waals surface area contributed by atoms with Gasteiger partial charge in [0.15, 0.2) is 5.78 Å². The fraction of sp³-hybridized carbons (Fsp3) is 0.250.